The van der Waals surface area contributed by atoms with Crippen LogP contribution in [0.2, 0.25) is 0 Å². The number of fused-ring (bicyclic) bond motifs is 1. The highest BCUT2D eigenvalue weighted by molar-refractivity contribution is 5.95. The molecule has 4 rings (SSSR count). The Morgan fingerprint density at radius 2 is 2.04 bits per heavy atom. The Morgan fingerprint density at radius 3 is 2.84 bits per heavy atom. The van der Waals surface area contributed by atoms with Crippen LogP contribution in [-0.4, -0.2) is 38.7 Å². The van der Waals surface area contributed by atoms with E-state index in [4.69, 9.17) is 4.42 Å². The number of piperidine rings is 1. The van der Waals surface area contributed by atoms with Crippen molar-refractivity contribution in [2.24, 2.45) is 0 Å². The minimum atomic E-state index is 0.0784. The van der Waals surface area contributed by atoms with Gasteiger partial charge in [-0.1, -0.05) is 6.42 Å². The van der Waals surface area contributed by atoms with E-state index in [1.165, 1.54) is 19.3 Å². The van der Waals surface area contributed by atoms with Crippen LogP contribution < -0.4 is 0 Å². The number of carbonyl (C=O) groups excluding carboxylic acids is 1. The molecule has 25 heavy (non-hydrogen) atoms. The van der Waals surface area contributed by atoms with Crippen LogP contribution in [-0.2, 0) is 13.0 Å². The maximum atomic E-state index is 12.9. The molecular weight excluding hydrogens is 316 g/mol. The van der Waals surface area contributed by atoms with Gasteiger partial charge in [0.15, 0.2) is 0 Å². The van der Waals surface area contributed by atoms with E-state index < -0.39 is 0 Å². The quantitative estimate of drug-likeness (QED) is 0.840. The van der Waals surface area contributed by atoms with Gasteiger partial charge in [-0.3, -0.25) is 4.79 Å². The van der Waals surface area contributed by atoms with E-state index >= 15 is 0 Å². The van der Waals surface area contributed by atoms with E-state index in [9.17, 15) is 4.79 Å². The Hall–Kier alpha value is -2.11. The summed E-state index contributed by atoms with van der Waals surface area (Å²) >= 11 is 0. The molecule has 0 radical (unpaired) electrons. The smallest absolute Gasteiger partial charge is 0.257 e. The summed E-state index contributed by atoms with van der Waals surface area (Å²) in [6.07, 6.45) is 6.76. The molecule has 1 atom stereocenters. The van der Waals surface area contributed by atoms with E-state index in [0.717, 1.165) is 56.3 Å². The van der Waals surface area contributed by atoms with Crippen LogP contribution in [0.25, 0.3) is 0 Å². The Morgan fingerprint density at radius 1 is 1.16 bits per heavy atom. The molecule has 2 aliphatic heterocycles. The highest BCUT2D eigenvalue weighted by Gasteiger charge is 2.31. The van der Waals surface area contributed by atoms with Crippen molar-refractivity contribution < 1.29 is 9.21 Å². The zero-order chi connectivity index (χ0) is 17.4. The SMILES string of the molecule is Cc1cc(C(=O)N2CCCC(c3nnc4n3CCCCC4)C2)c(C)o1. The number of aryl methyl sites for hydroxylation is 3. The molecule has 4 heterocycles. The average molecular weight is 342 g/mol. The van der Waals surface area contributed by atoms with Crippen LogP contribution in [0, 0.1) is 13.8 Å². The largest absolute Gasteiger partial charge is 0.466 e. The molecular formula is C19H26N4O2. The van der Waals surface area contributed by atoms with Crippen LogP contribution >= 0.6 is 0 Å². The molecule has 0 N–H and O–H groups in total. The van der Waals surface area contributed by atoms with Crippen LogP contribution in [0.3, 0.4) is 0 Å². The molecule has 1 unspecified atom stereocenters. The van der Waals surface area contributed by atoms with E-state index in [1.807, 2.05) is 24.8 Å². The van der Waals surface area contributed by atoms with Gasteiger partial charge in [-0.2, -0.15) is 0 Å². The summed E-state index contributed by atoms with van der Waals surface area (Å²) in [6, 6.07) is 1.85. The normalized spacial score (nSPS) is 21.0. The monoisotopic (exact) mass is 342 g/mol. The van der Waals surface area contributed by atoms with Crippen molar-refractivity contribution in [2.45, 2.75) is 64.8 Å². The van der Waals surface area contributed by atoms with Gasteiger partial charge in [0, 0.05) is 32.0 Å². The van der Waals surface area contributed by atoms with Gasteiger partial charge >= 0.3 is 0 Å². The fourth-order valence-corrected chi connectivity index (χ4v) is 4.20. The van der Waals surface area contributed by atoms with Gasteiger partial charge in [0.05, 0.1) is 5.56 Å². The molecule has 2 aromatic rings. The molecule has 1 saturated heterocycles. The summed E-state index contributed by atoms with van der Waals surface area (Å²) < 4.78 is 7.86. The molecule has 1 fully saturated rings. The second-order valence-corrected chi connectivity index (χ2v) is 7.35. The second kappa shape index (κ2) is 6.65. The lowest BCUT2D eigenvalue weighted by Crippen LogP contribution is -2.40. The third kappa shape index (κ3) is 3.10. The van der Waals surface area contributed by atoms with Gasteiger partial charge in [0.2, 0.25) is 0 Å². The number of aromatic nitrogens is 3. The van der Waals surface area contributed by atoms with Crippen LogP contribution in [0.5, 0.6) is 0 Å². The number of rotatable bonds is 2. The second-order valence-electron chi connectivity index (χ2n) is 7.35. The van der Waals surface area contributed by atoms with Gasteiger partial charge in [0.1, 0.15) is 23.2 Å². The third-order valence-electron chi connectivity index (χ3n) is 5.48. The van der Waals surface area contributed by atoms with E-state index in [-0.39, 0.29) is 11.8 Å². The lowest BCUT2D eigenvalue weighted by molar-refractivity contribution is 0.0701. The van der Waals surface area contributed by atoms with Crippen LogP contribution in [0.15, 0.2) is 10.5 Å². The van der Waals surface area contributed by atoms with Crippen molar-refractivity contribution in [3.8, 4) is 0 Å². The topological polar surface area (TPSA) is 64.2 Å². The molecule has 6 heteroatoms. The summed E-state index contributed by atoms with van der Waals surface area (Å²) in [5, 5.41) is 8.94. The standard InChI is InChI=1S/C19H26N4O2/c1-13-11-16(14(2)25-13)19(24)22-9-6-7-15(12-22)18-21-20-17-8-4-3-5-10-23(17)18/h11,15H,3-10,12H2,1-2H3. The van der Waals surface area contributed by atoms with Gasteiger partial charge < -0.3 is 13.9 Å². The Labute approximate surface area is 148 Å². The van der Waals surface area contributed by atoms with Gasteiger partial charge in [-0.05, 0) is 45.6 Å². The van der Waals surface area contributed by atoms with Crippen molar-refractivity contribution in [2.75, 3.05) is 13.1 Å². The maximum Gasteiger partial charge on any atom is 0.257 e. The summed E-state index contributed by atoms with van der Waals surface area (Å²) in [5.74, 6) is 4.06. The van der Waals surface area contributed by atoms with Crippen molar-refractivity contribution in [1.82, 2.24) is 19.7 Å². The van der Waals surface area contributed by atoms with E-state index in [2.05, 4.69) is 14.8 Å². The fraction of sp³-hybridized carbons (Fsp3) is 0.632. The highest BCUT2D eigenvalue weighted by atomic mass is 16.3. The minimum Gasteiger partial charge on any atom is -0.466 e. The molecule has 0 bridgehead atoms. The summed E-state index contributed by atoms with van der Waals surface area (Å²) in [5.41, 5.74) is 0.693. The Balaban J connectivity index is 1.54. The predicted octanol–water partition coefficient (Wildman–Crippen LogP) is 3.23. The van der Waals surface area contributed by atoms with Gasteiger partial charge in [-0.25, -0.2) is 0 Å². The summed E-state index contributed by atoms with van der Waals surface area (Å²) in [4.78, 5) is 14.9. The highest BCUT2D eigenvalue weighted by Crippen LogP contribution is 2.29. The average Bonchev–Trinajstić information content (AvgIpc) is 3.08. The first kappa shape index (κ1) is 16.4. The number of amides is 1. The van der Waals surface area contributed by atoms with Crippen molar-refractivity contribution in [3.63, 3.8) is 0 Å². The number of hydrogen-bond acceptors (Lipinski definition) is 4. The fourth-order valence-electron chi connectivity index (χ4n) is 4.20. The zero-order valence-electron chi connectivity index (χ0n) is 15.1. The van der Waals surface area contributed by atoms with Crippen molar-refractivity contribution in [3.05, 3.63) is 34.8 Å². The van der Waals surface area contributed by atoms with E-state index in [1.54, 1.807) is 0 Å². The molecule has 0 spiro atoms. The van der Waals surface area contributed by atoms with Crippen LogP contribution in [0.4, 0.5) is 0 Å². The molecule has 6 nitrogen and oxygen atoms in total. The first-order valence-corrected chi connectivity index (χ1v) is 9.42. The molecule has 2 aromatic heterocycles. The van der Waals surface area contributed by atoms with Crippen LogP contribution in [0.1, 0.15) is 71.5 Å². The lowest BCUT2D eigenvalue weighted by Gasteiger charge is -2.32. The Bertz CT molecular complexity index is 776. The van der Waals surface area contributed by atoms with E-state index in [0.29, 0.717) is 11.3 Å². The number of nitrogens with zero attached hydrogens (tertiary/aromatic N) is 4. The first-order valence-electron chi connectivity index (χ1n) is 9.42. The summed E-state index contributed by atoms with van der Waals surface area (Å²) in [6.45, 7) is 6.29. The number of carbonyl (C=O) groups is 1. The summed E-state index contributed by atoms with van der Waals surface area (Å²) in [7, 11) is 0. The Kier molecular flexibility index (Phi) is 4.36. The first-order chi connectivity index (χ1) is 12.1. The number of likely N-dealkylation sites (tertiary alicyclic amines) is 1. The lowest BCUT2D eigenvalue weighted by atomic mass is 9.96. The number of hydrogen-bond donors (Lipinski definition) is 0. The van der Waals surface area contributed by atoms with Gasteiger partial charge in [-0.15, -0.1) is 10.2 Å². The maximum absolute atomic E-state index is 12.9. The van der Waals surface area contributed by atoms with Crippen molar-refractivity contribution in [1.29, 1.82) is 0 Å². The number of furan rings is 1. The van der Waals surface area contributed by atoms with Crippen molar-refractivity contribution >= 4 is 5.91 Å². The third-order valence-corrected chi connectivity index (χ3v) is 5.48. The predicted molar refractivity (Wildman–Crippen MR) is 93.6 cm³/mol. The molecule has 0 aliphatic carbocycles. The molecule has 1 amide bonds. The molecule has 134 valence electrons. The molecule has 0 aromatic carbocycles. The zero-order valence-corrected chi connectivity index (χ0v) is 15.1. The minimum absolute atomic E-state index is 0.0784. The molecule has 2 aliphatic rings. The van der Waals surface area contributed by atoms with Gasteiger partial charge in [0.25, 0.3) is 5.91 Å². The molecule has 0 saturated carbocycles.